The van der Waals surface area contributed by atoms with E-state index < -0.39 is 0 Å². The molecule has 1 aliphatic carbocycles. The van der Waals surface area contributed by atoms with E-state index in [-0.39, 0.29) is 11.7 Å². The van der Waals surface area contributed by atoms with Crippen molar-refractivity contribution >= 4 is 0 Å². The van der Waals surface area contributed by atoms with E-state index in [2.05, 4.69) is 13.8 Å². The van der Waals surface area contributed by atoms with E-state index in [4.69, 9.17) is 15.2 Å². The second-order valence-electron chi connectivity index (χ2n) is 5.28. The first-order chi connectivity index (χ1) is 7.62. The highest BCUT2D eigenvalue weighted by Gasteiger charge is 2.35. The van der Waals surface area contributed by atoms with Gasteiger partial charge in [-0.25, -0.2) is 0 Å². The molecule has 96 valence electrons. The molecule has 0 aromatic heterocycles. The zero-order valence-electron chi connectivity index (χ0n) is 11.0. The molecule has 2 N–H and O–H groups in total. The highest BCUT2D eigenvalue weighted by atomic mass is 16.5. The Bertz CT molecular complexity index is 188. The first-order valence-electron chi connectivity index (χ1n) is 6.49. The Morgan fingerprint density at radius 1 is 1.38 bits per heavy atom. The Balaban J connectivity index is 2.40. The summed E-state index contributed by atoms with van der Waals surface area (Å²) in [6.45, 7) is 5.85. The van der Waals surface area contributed by atoms with E-state index in [1.54, 1.807) is 7.11 Å². The van der Waals surface area contributed by atoms with Crippen LogP contribution < -0.4 is 5.73 Å². The quantitative estimate of drug-likeness (QED) is 0.760. The molecule has 0 aromatic rings. The number of hydrogen-bond donors (Lipinski definition) is 1. The number of nitrogens with two attached hydrogens (primary N) is 1. The van der Waals surface area contributed by atoms with E-state index >= 15 is 0 Å². The summed E-state index contributed by atoms with van der Waals surface area (Å²) < 4.78 is 11.2. The van der Waals surface area contributed by atoms with Crippen LogP contribution in [0.1, 0.15) is 46.0 Å². The van der Waals surface area contributed by atoms with Crippen LogP contribution in [0.25, 0.3) is 0 Å². The molecular weight excluding hydrogens is 202 g/mol. The predicted octanol–water partition coefficient (Wildman–Crippen LogP) is 2.34. The molecule has 1 fully saturated rings. The van der Waals surface area contributed by atoms with Crippen molar-refractivity contribution in [1.29, 1.82) is 0 Å². The molecule has 0 heterocycles. The summed E-state index contributed by atoms with van der Waals surface area (Å²) in [5.41, 5.74) is 5.85. The van der Waals surface area contributed by atoms with Gasteiger partial charge < -0.3 is 15.2 Å². The van der Waals surface area contributed by atoms with Crippen LogP contribution >= 0.6 is 0 Å². The molecule has 0 amide bonds. The van der Waals surface area contributed by atoms with Gasteiger partial charge >= 0.3 is 0 Å². The minimum atomic E-state index is -0.0559. The van der Waals surface area contributed by atoms with Crippen molar-refractivity contribution in [3.63, 3.8) is 0 Å². The van der Waals surface area contributed by atoms with Crippen molar-refractivity contribution in [3.8, 4) is 0 Å². The van der Waals surface area contributed by atoms with Crippen LogP contribution in [0.3, 0.4) is 0 Å². The average Bonchev–Trinajstić information content (AvgIpc) is 2.30. The Morgan fingerprint density at radius 2 is 2.00 bits per heavy atom. The number of rotatable bonds is 6. The second kappa shape index (κ2) is 6.58. The lowest BCUT2D eigenvalue weighted by atomic mass is 9.79. The van der Waals surface area contributed by atoms with E-state index in [1.165, 1.54) is 12.8 Å². The van der Waals surface area contributed by atoms with Crippen molar-refractivity contribution in [1.82, 2.24) is 0 Å². The minimum Gasteiger partial charge on any atom is -0.385 e. The maximum absolute atomic E-state index is 6.17. The number of methoxy groups -OCH3 is 1. The Labute approximate surface area is 99.7 Å². The standard InChI is InChI=1S/C13H27NO2/c1-11-4-7-13(10-14,8-5-11)16-12(2)6-9-15-3/h11-12H,4-10,14H2,1-3H3. The Morgan fingerprint density at radius 3 is 2.50 bits per heavy atom. The highest BCUT2D eigenvalue weighted by molar-refractivity contribution is 4.88. The SMILES string of the molecule is COCCC(C)OC1(CN)CCC(C)CC1. The highest BCUT2D eigenvalue weighted by Crippen LogP contribution is 2.35. The van der Waals surface area contributed by atoms with Gasteiger partial charge in [0.2, 0.25) is 0 Å². The molecule has 1 unspecified atom stereocenters. The lowest BCUT2D eigenvalue weighted by Crippen LogP contribution is -2.45. The van der Waals surface area contributed by atoms with Crippen LogP contribution in [0, 0.1) is 5.92 Å². The fourth-order valence-electron chi connectivity index (χ4n) is 2.43. The second-order valence-corrected chi connectivity index (χ2v) is 5.28. The third kappa shape index (κ3) is 4.04. The molecule has 0 aromatic carbocycles. The summed E-state index contributed by atoms with van der Waals surface area (Å²) in [4.78, 5) is 0. The Hall–Kier alpha value is -0.120. The molecule has 1 saturated carbocycles. The molecule has 16 heavy (non-hydrogen) atoms. The van der Waals surface area contributed by atoms with Gasteiger partial charge in [-0.3, -0.25) is 0 Å². The van der Waals surface area contributed by atoms with Crippen LogP contribution in [0.4, 0.5) is 0 Å². The summed E-state index contributed by atoms with van der Waals surface area (Å²) in [7, 11) is 1.73. The first kappa shape index (κ1) is 13.9. The van der Waals surface area contributed by atoms with Crippen molar-refractivity contribution in [2.75, 3.05) is 20.3 Å². The molecule has 3 heteroatoms. The summed E-state index contributed by atoms with van der Waals surface area (Å²) in [5.74, 6) is 0.831. The van der Waals surface area contributed by atoms with Crippen LogP contribution in [-0.2, 0) is 9.47 Å². The molecule has 3 nitrogen and oxygen atoms in total. The molecule has 1 rings (SSSR count). The van der Waals surface area contributed by atoms with Crippen molar-refractivity contribution in [2.24, 2.45) is 11.7 Å². The van der Waals surface area contributed by atoms with Gasteiger partial charge in [0.25, 0.3) is 0 Å². The van der Waals surface area contributed by atoms with Crippen LogP contribution in [-0.4, -0.2) is 32.0 Å². The Kier molecular flexibility index (Phi) is 5.73. The smallest absolute Gasteiger partial charge is 0.0807 e. The summed E-state index contributed by atoms with van der Waals surface area (Å²) in [5, 5.41) is 0. The van der Waals surface area contributed by atoms with Gasteiger partial charge in [0.05, 0.1) is 11.7 Å². The fraction of sp³-hybridized carbons (Fsp3) is 1.00. The third-order valence-electron chi connectivity index (χ3n) is 3.74. The van der Waals surface area contributed by atoms with Crippen molar-refractivity contribution < 1.29 is 9.47 Å². The van der Waals surface area contributed by atoms with Gasteiger partial charge in [0.1, 0.15) is 0 Å². The van der Waals surface area contributed by atoms with Crippen molar-refractivity contribution in [2.45, 2.75) is 57.7 Å². The van der Waals surface area contributed by atoms with E-state index in [9.17, 15) is 0 Å². The number of hydrogen-bond acceptors (Lipinski definition) is 3. The average molecular weight is 229 g/mol. The lowest BCUT2D eigenvalue weighted by molar-refractivity contribution is -0.112. The molecule has 0 spiro atoms. The topological polar surface area (TPSA) is 44.5 Å². The minimum absolute atomic E-state index is 0.0559. The lowest BCUT2D eigenvalue weighted by Gasteiger charge is -2.40. The van der Waals surface area contributed by atoms with Crippen LogP contribution in [0.5, 0.6) is 0 Å². The zero-order chi connectivity index (χ0) is 12.0. The maximum Gasteiger partial charge on any atom is 0.0807 e. The van der Waals surface area contributed by atoms with Gasteiger partial charge in [-0.2, -0.15) is 0 Å². The molecule has 1 aliphatic rings. The molecule has 0 aliphatic heterocycles. The monoisotopic (exact) mass is 229 g/mol. The van der Waals surface area contributed by atoms with Gasteiger partial charge in [0, 0.05) is 20.3 Å². The number of ether oxygens (including phenoxy) is 2. The molecule has 0 radical (unpaired) electrons. The summed E-state index contributed by atoms with van der Waals surface area (Å²) >= 11 is 0. The van der Waals surface area contributed by atoms with E-state index in [1.807, 2.05) is 0 Å². The van der Waals surface area contributed by atoms with Gasteiger partial charge in [-0.1, -0.05) is 6.92 Å². The normalized spacial score (nSPS) is 32.6. The molecule has 1 atom stereocenters. The molecular formula is C13H27NO2. The largest absolute Gasteiger partial charge is 0.385 e. The predicted molar refractivity (Wildman–Crippen MR) is 66.5 cm³/mol. The zero-order valence-corrected chi connectivity index (χ0v) is 11.0. The van der Waals surface area contributed by atoms with Gasteiger partial charge in [0.15, 0.2) is 0 Å². The van der Waals surface area contributed by atoms with Gasteiger partial charge in [-0.15, -0.1) is 0 Å². The van der Waals surface area contributed by atoms with Crippen LogP contribution in [0.2, 0.25) is 0 Å². The van der Waals surface area contributed by atoms with Gasteiger partial charge in [-0.05, 0) is 44.9 Å². The van der Waals surface area contributed by atoms with E-state index in [0.717, 1.165) is 31.8 Å². The van der Waals surface area contributed by atoms with Crippen LogP contribution in [0.15, 0.2) is 0 Å². The summed E-state index contributed by atoms with van der Waals surface area (Å²) in [6, 6.07) is 0. The maximum atomic E-state index is 6.17. The molecule has 0 bridgehead atoms. The third-order valence-corrected chi connectivity index (χ3v) is 3.74. The summed E-state index contributed by atoms with van der Waals surface area (Å²) in [6.07, 6.45) is 5.91. The van der Waals surface area contributed by atoms with E-state index in [0.29, 0.717) is 6.54 Å². The van der Waals surface area contributed by atoms with Crippen molar-refractivity contribution in [3.05, 3.63) is 0 Å². The fourth-order valence-corrected chi connectivity index (χ4v) is 2.43. The molecule has 0 saturated heterocycles. The first-order valence-corrected chi connectivity index (χ1v) is 6.49.